The van der Waals surface area contributed by atoms with Crippen LogP contribution in [-0.2, 0) is 5.41 Å². The molecule has 51 heavy (non-hydrogen) atoms. The van der Waals surface area contributed by atoms with Crippen molar-refractivity contribution in [1.29, 1.82) is 0 Å². The third kappa shape index (κ3) is 3.37. The van der Waals surface area contributed by atoms with Crippen LogP contribution in [0.15, 0.2) is 180 Å². The maximum absolute atomic E-state index is 6.57. The van der Waals surface area contributed by atoms with E-state index in [4.69, 9.17) is 4.42 Å². The van der Waals surface area contributed by atoms with Gasteiger partial charge in [0, 0.05) is 21.8 Å². The lowest BCUT2D eigenvalue weighted by Gasteiger charge is -2.30. The first-order chi connectivity index (χ1) is 25.3. The van der Waals surface area contributed by atoms with Crippen LogP contribution < -0.4 is 0 Å². The zero-order valence-corrected chi connectivity index (χ0v) is 27.6. The Morgan fingerprint density at radius 3 is 1.75 bits per heavy atom. The molecule has 2 aromatic heterocycles. The normalized spacial score (nSPS) is 13.6. The van der Waals surface area contributed by atoms with E-state index in [0.717, 1.165) is 38.5 Å². The molecule has 8 aromatic carbocycles. The van der Waals surface area contributed by atoms with E-state index in [1.165, 1.54) is 66.5 Å². The SMILES string of the molecule is c1cc(-c2ccc3c(c2)C2(c4ccccc4-c4ccccc42)c2ccccc2-3)cc(-n2c3ccccc3c3c4oc5ccccc5c4ccc32)c1. The molecular weight excluding hydrogens is 619 g/mol. The second kappa shape index (κ2) is 9.74. The third-order valence-corrected chi connectivity index (χ3v) is 11.6. The lowest BCUT2D eigenvalue weighted by atomic mass is 9.70. The summed E-state index contributed by atoms with van der Waals surface area (Å²) in [4.78, 5) is 0. The van der Waals surface area contributed by atoms with Crippen molar-refractivity contribution in [3.8, 4) is 39.1 Å². The molecule has 0 saturated heterocycles. The minimum absolute atomic E-state index is 0.364. The first-order valence-corrected chi connectivity index (χ1v) is 17.7. The van der Waals surface area contributed by atoms with Crippen LogP contribution in [0.25, 0.3) is 82.8 Å². The summed E-state index contributed by atoms with van der Waals surface area (Å²) in [5.74, 6) is 0. The minimum Gasteiger partial charge on any atom is -0.455 e. The van der Waals surface area contributed by atoms with Gasteiger partial charge in [-0.3, -0.25) is 0 Å². The number of nitrogens with zero attached hydrogens (tertiary/aromatic N) is 1. The van der Waals surface area contributed by atoms with Gasteiger partial charge in [-0.15, -0.1) is 0 Å². The fourth-order valence-corrected chi connectivity index (χ4v) is 9.61. The van der Waals surface area contributed by atoms with E-state index in [1.54, 1.807) is 0 Å². The molecule has 10 aromatic rings. The van der Waals surface area contributed by atoms with Gasteiger partial charge in [0.15, 0.2) is 0 Å². The molecule has 0 radical (unpaired) electrons. The Bertz CT molecular complexity index is 3040. The van der Waals surface area contributed by atoms with Gasteiger partial charge in [0.25, 0.3) is 0 Å². The Hall–Kier alpha value is -6.64. The molecule has 2 heteroatoms. The second-order valence-electron chi connectivity index (χ2n) is 14.0. The van der Waals surface area contributed by atoms with Gasteiger partial charge in [-0.2, -0.15) is 0 Å². The van der Waals surface area contributed by atoms with Crippen molar-refractivity contribution < 1.29 is 4.42 Å². The molecule has 2 nitrogen and oxygen atoms in total. The van der Waals surface area contributed by atoms with Gasteiger partial charge >= 0.3 is 0 Å². The molecule has 0 bridgehead atoms. The van der Waals surface area contributed by atoms with Crippen LogP contribution in [0, 0.1) is 0 Å². The zero-order valence-electron chi connectivity index (χ0n) is 27.6. The smallest absolute Gasteiger partial charge is 0.145 e. The topological polar surface area (TPSA) is 18.1 Å². The Kier molecular flexibility index (Phi) is 5.20. The van der Waals surface area contributed by atoms with Crippen molar-refractivity contribution in [2.45, 2.75) is 5.41 Å². The van der Waals surface area contributed by atoms with Crippen LogP contribution in [0.2, 0.25) is 0 Å². The number of hydrogen-bond donors (Lipinski definition) is 0. The highest BCUT2D eigenvalue weighted by Crippen LogP contribution is 2.63. The van der Waals surface area contributed by atoms with E-state index in [-0.39, 0.29) is 5.41 Å². The molecule has 0 fully saturated rings. The molecule has 2 heterocycles. The van der Waals surface area contributed by atoms with Crippen LogP contribution in [-0.4, -0.2) is 4.57 Å². The quantitative estimate of drug-likeness (QED) is 0.183. The van der Waals surface area contributed by atoms with Gasteiger partial charge in [0.05, 0.1) is 21.8 Å². The second-order valence-corrected chi connectivity index (χ2v) is 14.0. The van der Waals surface area contributed by atoms with Gasteiger partial charge < -0.3 is 8.98 Å². The molecule has 12 rings (SSSR count). The third-order valence-electron chi connectivity index (χ3n) is 11.6. The predicted octanol–water partition coefficient (Wildman–Crippen LogP) is 12.7. The highest BCUT2D eigenvalue weighted by molar-refractivity contribution is 6.23. The molecule has 2 aliphatic rings. The van der Waals surface area contributed by atoms with Crippen molar-refractivity contribution in [3.63, 3.8) is 0 Å². The molecule has 1 spiro atoms. The lowest BCUT2D eigenvalue weighted by molar-refractivity contribution is 0.673. The molecule has 0 aliphatic heterocycles. The molecule has 0 amide bonds. The van der Waals surface area contributed by atoms with Crippen molar-refractivity contribution in [3.05, 3.63) is 198 Å². The van der Waals surface area contributed by atoms with E-state index in [9.17, 15) is 0 Å². The summed E-state index contributed by atoms with van der Waals surface area (Å²) in [7, 11) is 0. The number of hydrogen-bond acceptors (Lipinski definition) is 1. The lowest BCUT2D eigenvalue weighted by Crippen LogP contribution is -2.25. The molecule has 0 N–H and O–H groups in total. The maximum atomic E-state index is 6.57. The Balaban J connectivity index is 1.09. The van der Waals surface area contributed by atoms with Crippen molar-refractivity contribution in [2.75, 3.05) is 0 Å². The van der Waals surface area contributed by atoms with Gasteiger partial charge in [0.1, 0.15) is 11.2 Å². The van der Waals surface area contributed by atoms with Gasteiger partial charge in [-0.05, 0) is 98.1 Å². The van der Waals surface area contributed by atoms with E-state index in [1.807, 2.05) is 6.07 Å². The average Bonchev–Trinajstić information content (AvgIpc) is 3.91. The summed E-state index contributed by atoms with van der Waals surface area (Å²) in [6, 6.07) is 64.7. The van der Waals surface area contributed by atoms with E-state index in [0.29, 0.717) is 0 Å². The van der Waals surface area contributed by atoms with Gasteiger partial charge in [0.2, 0.25) is 0 Å². The Morgan fingerprint density at radius 2 is 1.00 bits per heavy atom. The molecule has 236 valence electrons. The van der Waals surface area contributed by atoms with Crippen LogP contribution in [0.3, 0.4) is 0 Å². The monoisotopic (exact) mass is 647 g/mol. The summed E-state index contributed by atoms with van der Waals surface area (Å²) in [5, 5.41) is 4.65. The maximum Gasteiger partial charge on any atom is 0.145 e. The zero-order chi connectivity index (χ0) is 33.3. The first kappa shape index (κ1) is 27.2. The highest BCUT2D eigenvalue weighted by atomic mass is 16.3. The summed E-state index contributed by atoms with van der Waals surface area (Å²) < 4.78 is 8.97. The Labute approximate surface area is 294 Å². The van der Waals surface area contributed by atoms with Crippen LogP contribution in [0.1, 0.15) is 22.3 Å². The largest absolute Gasteiger partial charge is 0.455 e. The fraction of sp³-hybridized carbons (Fsp3) is 0.0204. The molecule has 0 saturated carbocycles. The van der Waals surface area contributed by atoms with Crippen LogP contribution >= 0.6 is 0 Å². The number of aromatic nitrogens is 1. The highest BCUT2D eigenvalue weighted by Gasteiger charge is 2.51. The standard InChI is InChI=1S/C49H29NO/c1-6-19-40-33(14-1)34-15-2-7-20-41(34)49(40)42-21-8-3-16-35(42)36-25-24-31(29-43(36)49)30-12-11-13-32(28-30)50-44-22-9-4-18-39(44)47-45(50)27-26-38-37-17-5-10-23-46(37)51-48(38)47/h1-29H. The number of rotatable bonds is 2. The predicted molar refractivity (Wildman–Crippen MR) is 210 cm³/mol. The first-order valence-electron chi connectivity index (χ1n) is 17.7. The average molecular weight is 648 g/mol. The number of fused-ring (bicyclic) bond motifs is 17. The van der Waals surface area contributed by atoms with Gasteiger partial charge in [-0.25, -0.2) is 0 Å². The molecular formula is C49H29NO. The van der Waals surface area contributed by atoms with Crippen molar-refractivity contribution >= 4 is 43.7 Å². The number of furan rings is 1. The Morgan fingerprint density at radius 1 is 0.392 bits per heavy atom. The van der Waals surface area contributed by atoms with E-state index < -0.39 is 0 Å². The molecule has 0 atom stereocenters. The van der Waals surface area contributed by atoms with E-state index in [2.05, 4.69) is 174 Å². The van der Waals surface area contributed by atoms with Crippen molar-refractivity contribution in [1.82, 2.24) is 4.57 Å². The number of benzene rings is 8. The molecule has 0 unspecified atom stereocenters. The fourth-order valence-electron chi connectivity index (χ4n) is 9.61. The summed E-state index contributed by atoms with van der Waals surface area (Å²) in [6.45, 7) is 0. The van der Waals surface area contributed by atoms with Crippen LogP contribution in [0.4, 0.5) is 0 Å². The molecule has 2 aliphatic carbocycles. The summed E-state index contributed by atoms with van der Waals surface area (Å²) in [5.41, 5.74) is 18.1. The van der Waals surface area contributed by atoms with E-state index >= 15 is 0 Å². The number of para-hydroxylation sites is 2. The van der Waals surface area contributed by atoms with Gasteiger partial charge in [-0.1, -0.05) is 133 Å². The summed E-state index contributed by atoms with van der Waals surface area (Å²) >= 11 is 0. The van der Waals surface area contributed by atoms with Crippen LogP contribution in [0.5, 0.6) is 0 Å². The minimum atomic E-state index is -0.364. The summed E-state index contributed by atoms with van der Waals surface area (Å²) in [6.07, 6.45) is 0. The van der Waals surface area contributed by atoms with Crippen molar-refractivity contribution in [2.24, 2.45) is 0 Å².